The van der Waals surface area contributed by atoms with Gasteiger partial charge in [0.1, 0.15) is 0 Å². The van der Waals surface area contributed by atoms with Crippen LogP contribution in [0.25, 0.3) is 0 Å². The molecule has 0 radical (unpaired) electrons. The van der Waals surface area contributed by atoms with Gasteiger partial charge in [0, 0.05) is 18.2 Å². The van der Waals surface area contributed by atoms with Gasteiger partial charge in [-0.15, -0.1) is 0 Å². The molecule has 3 N–H and O–H groups in total. The average molecular weight is 335 g/mol. The van der Waals surface area contributed by atoms with E-state index < -0.39 is 30.1 Å². The van der Waals surface area contributed by atoms with Crippen molar-refractivity contribution < 1.29 is 23.9 Å². The first-order valence-corrected chi connectivity index (χ1v) is 7.23. The van der Waals surface area contributed by atoms with Crippen LogP contribution in [0.1, 0.15) is 38.1 Å². The van der Waals surface area contributed by atoms with Crippen LogP contribution in [0.15, 0.2) is 24.3 Å². The van der Waals surface area contributed by atoms with Crippen LogP contribution in [-0.2, 0) is 14.3 Å². The molecule has 0 spiro atoms. The molecule has 1 aromatic rings. The Morgan fingerprint density at radius 3 is 2.38 bits per heavy atom. The third-order valence-electron chi connectivity index (χ3n) is 2.49. The van der Waals surface area contributed by atoms with Crippen molar-refractivity contribution in [1.82, 2.24) is 10.6 Å². The second kappa shape index (κ2) is 8.09. The number of esters is 1. The fourth-order valence-electron chi connectivity index (χ4n) is 1.68. The molecule has 1 aromatic carbocycles. The monoisotopic (exact) mass is 335 g/mol. The van der Waals surface area contributed by atoms with E-state index in [0.717, 1.165) is 0 Å². The highest BCUT2D eigenvalue weighted by molar-refractivity contribution is 5.98. The summed E-state index contributed by atoms with van der Waals surface area (Å²) in [4.78, 5) is 46.0. The fourth-order valence-corrected chi connectivity index (χ4v) is 1.68. The van der Waals surface area contributed by atoms with Crippen LogP contribution in [0.4, 0.5) is 10.5 Å². The van der Waals surface area contributed by atoms with Crippen molar-refractivity contribution >= 4 is 29.5 Å². The number of hydrogen-bond donors (Lipinski definition) is 3. The number of ether oxygens (including phenoxy) is 1. The van der Waals surface area contributed by atoms with E-state index in [4.69, 9.17) is 4.74 Å². The average Bonchev–Trinajstić information content (AvgIpc) is 2.42. The van der Waals surface area contributed by atoms with Gasteiger partial charge in [0.25, 0.3) is 5.91 Å². The molecule has 0 aliphatic heterocycles. The highest BCUT2D eigenvalue weighted by Gasteiger charge is 2.17. The summed E-state index contributed by atoms with van der Waals surface area (Å²) in [6.45, 7) is 6.04. The van der Waals surface area contributed by atoms with Gasteiger partial charge >= 0.3 is 12.0 Å². The Bertz CT molecular complexity index is 649. The summed E-state index contributed by atoms with van der Waals surface area (Å²) in [5.74, 6) is -1.76. The lowest BCUT2D eigenvalue weighted by Crippen LogP contribution is -2.49. The maximum absolute atomic E-state index is 11.9. The number of nitrogens with one attached hydrogen (secondary N) is 3. The van der Waals surface area contributed by atoms with Crippen LogP contribution in [0.3, 0.4) is 0 Å². The molecule has 0 aromatic heterocycles. The standard InChI is InChI=1S/C16H21N3O5/c1-10(20)17-12-7-5-6-11(8-12)14(22)24-9-13(21)18-15(23)19-16(2,3)4/h5-8H,9H2,1-4H3,(H,17,20)(H2,18,19,21,23). The Labute approximate surface area is 139 Å². The Hall–Kier alpha value is -2.90. The second-order valence-corrected chi connectivity index (χ2v) is 6.09. The van der Waals surface area contributed by atoms with Gasteiger partial charge < -0.3 is 15.4 Å². The van der Waals surface area contributed by atoms with Gasteiger partial charge in [-0.3, -0.25) is 14.9 Å². The molecule has 0 unspecified atom stereocenters. The third-order valence-corrected chi connectivity index (χ3v) is 2.49. The zero-order valence-electron chi connectivity index (χ0n) is 14.1. The molecule has 1 rings (SSSR count). The molecule has 0 atom stereocenters. The van der Waals surface area contributed by atoms with E-state index in [9.17, 15) is 19.2 Å². The molecule has 0 saturated heterocycles. The number of carbonyl (C=O) groups excluding carboxylic acids is 4. The summed E-state index contributed by atoms with van der Waals surface area (Å²) in [6.07, 6.45) is 0. The number of benzene rings is 1. The van der Waals surface area contributed by atoms with Crippen LogP contribution in [0.5, 0.6) is 0 Å². The smallest absolute Gasteiger partial charge is 0.338 e. The number of rotatable bonds is 4. The van der Waals surface area contributed by atoms with Crippen molar-refractivity contribution in [3.05, 3.63) is 29.8 Å². The number of hydrogen-bond acceptors (Lipinski definition) is 5. The Kier molecular flexibility index (Phi) is 6.46. The molecule has 0 aliphatic rings. The van der Waals surface area contributed by atoms with Gasteiger partial charge in [-0.25, -0.2) is 9.59 Å². The minimum atomic E-state index is -0.747. The fraction of sp³-hybridized carbons (Fsp3) is 0.375. The molecule has 0 fully saturated rings. The van der Waals surface area contributed by atoms with Gasteiger partial charge in [-0.05, 0) is 39.0 Å². The Morgan fingerprint density at radius 1 is 1.12 bits per heavy atom. The lowest BCUT2D eigenvalue weighted by Gasteiger charge is -2.20. The van der Waals surface area contributed by atoms with Crippen molar-refractivity contribution in [2.24, 2.45) is 0 Å². The first-order chi connectivity index (χ1) is 11.1. The van der Waals surface area contributed by atoms with Gasteiger partial charge in [0.05, 0.1) is 5.56 Å². The summed E-state index contributed by atoms with van der Waals surface area (Å²) in [5.41, 5.74) is 0.115. The van der Waals surface area contributed by atoms with Crippen molar-refractivity contribution in [2.45, 2.75) is 33.2 Å². The number of urea groups is 1. The van der Waals surface area contributed by atoms with Crippen molar-refractivity contribution in [1.29, 1.82) is 0 Å². The lowest BCUT2D eigenvalue weighted by atomic mass is 10.1. The van der Waals surface area contributed by atoms with Gasteiger partial charge in [-0.2, -0.15) is 0 Å². The summed E-state index contributed by atoms with van der Waals surface area (Å²) in [6, 6.07) is 5.42. The molecule has 0 heterocycles. The number of imide groups is 1. The van der Waals surface area contributed by atoms with Crippen LogP contribution in [-0.4, -0.2) is 36.0 Å². The summed E-state index contributed by atoms with van der Waals surface area (Å²) in [7, 11) is 0. The highest BCUT2D eigenvalue weighted by atomic mass is 16.5. The Balaban J connectivity index is 2.52. The summed E-state index contributed by atoms with van der Waals surface area (Å²) < 4.78 is 4.84. The van der Waals surface area contributed by atoms with Crippen LogP contribution >= 0.6 is 0 Å². The van der Waals surface area contributed by atoms with Crippen molar-refractivity contribution in [3.8, 4) is 0 Å². The summed E-state index contributed by atoms with van der Waals surface area (Å²) >= 11 is 0. The van der Waals surface area contributed by atoms with E-state index in [1.807, 2.05) is 0 Å². The molecule has 4 amide bonds. The molecular formula is C16H21N3O5. The SMILES string of the molecule is CC(=O)Nc1cccc(C(=O)OCC(=O)NC(=O)NC(C)(C)C)c1. The third kappa shape index (κ3) is 7.39. The number of anilines is 1. The van der Waals surface area contributed by atoms with E-state index >= 15 is 0 Å². The van der Waals surface area contributed by atoms with Crippen molar-refractivity contribution in [2.75, 3.05) is 11.9 Å². The quantitative estimate of drug-likeness (QED) is 0.720. The van der Waals surface area contributed by atoms with E-state index in [0.29, 0.717) is 5.69 Å². The molecule has 8 heteroatoms. The van der Waals surface area contributed by atoms with Crippen molar-refractivity contribution in [3.63, 3.8) is 0 Å². The minimum Gasteiger partial charge on any atom is -0.452 e. The zero-order valence-corrected chi connectivity index (χ0v) is 14.1. The maximum Gasteiger partial charge on any atom is 0.338 e. The minimum absolute atomic E-state index is 0.174. The number of carbonyl (C=O) groups is 4. The normalized spacial score (nSPS) is 10.5. The van der Waals surface area contributed by atoms with E-state index in [-0.39, 0.29) is 11.5 Å². The molecule has 0 aliphatic carbocycles. The van der Waals surface area contributed by atoms with Gasteiger partial charge in [0.2, 0.25) is 5.91 Å². The molecule has 0 bridgehead atoms. The second-order valence-electron chi connectivity index (χ2n) is 6.09. The maximum atomic E-state index is 11.9. The summed E-state index contributed by atoms with van der Waals surface area (Å²) in [5, 5.41) is 7.13. The first-order valence-electron chi connectivity index (χ1n) is 7.23. The predicted octanol–water partition coefficient (Wildman–Crippen LogP) is 1.43. The van der Waals surface area contributed by atoms with Gasteiger partial charge in [-0.1, -0.05) is 6.07 Å². The molecular weight excluding hydrogens is 314 g/mol. The molecule has 130 valence electrons. The molecule has 24 heavy (non-hydrogen) atoms. The Morgan fingerprint density at radius 2 is 1.79 bits per heavy atom. The number of amides is 4. The predicted molar refractivity (Wildman–Crippen MR) is 87.5 cm³/mol. The van der Waals surface area contributed by atoms with Crippen LogP contribution in [0, 0.1) is 0 Å². The van der Waals surface area contributed by atoms with E-state index in [1.165, 1.54) is 19.1 Å². The molecule has 8 nitrogen and oxygen atoms in total. The van der Waals surface area contributed by atoms with Crippen LogP contribution in [0.2, 0.25) is 0 Å². The zero-order chi connectivity index (χ0) is 18.3. The molecule has 0 saturated carbocycles. The van der Waals surface area contributed by atoms with Crippen LogP contribution < -0.4 is 16.0 Å². The first kappa shape index (κ1) is 19.1. The van der Waals surface area contributed by atoms with E-state index in [1.54, 1.807) is 32.9 Å². The topological polar surface area (TPSA) is 114 Å². The van der Waals surface area contributed by atoms with Gasteiger partial charge in [0.15, 0.2) is 6.61 Å². The van der Waals surface area contributed by atoms with E-state index in [2.05, 4.69) is 16.0 Å². The highest BCUT2D eigenvalue weighted by Crippen LogP contribution is 2.11. The lowest BCUT2D eigenvalue weighted by molar-refractivity contribution is -0.123. The largest absolute Gasteiger partial charge is 0.452 e.